The number of fused-ring (bicyclic) bond motifs is 3. The Bertz CT molecular complexity index is 2200. The molecule has 2 aromatic rings. The molecule has 1 aromatic carbocycles. The number of carbonyl (C=O) groups is 4. The number of pyridine rings is 1. The molecule has 61 heavy (non-hydrogen) atoms. The molecule has 2 aliphatic heterocycles. The predicted molar refractivity (Wildman–Crippen MR) is 208 cm³/mol. The van der Waals surface area contributed by atoms with Crippen LogP contribution >= 0.6 is 0 Å². The van der Waals surface area contributed by atoms with Gasteiger partial charge in [-0.1, -0.05) is 26.0 Å². The molecule has 21 heteroatoms. The Morgan fingerprint density at radius 2 is 1.77 bits per heavy atom. The van der Waals surface area contributed by atoms with Gasteiger partial charge in [0.05, 0.1) is 20.8 Å². The Morgan fingerprint density at radius 3 is 2.36 bits per heavy atom. The van der Waals surface area contributed by atoms with E-state index in [1.807, 2.05) is 0 Å². The van der Waals surface area contributed by atoms with E-state index >= 15 is 4.79 Å². The lowest BCUT2D eigenvalue weighted by Gasteiger charge is -2.45. The number of sulfonamides is 1. The van der Waals surface area contributed by atoms with Gasteiger partial charge in [-0.2, -0.15) is 18.2 Å². The van der Waals surface area contributed by atoms with Crippen molar-refractivity contribution >= 4 is 44.6 Å². The SMILES string of the molecule is COc1ccc2c(O[C@@H]3C[C@H]4C(=O)N[C@]5(C(=O)NS(=O)(=O)C6(C(F)F)CC6)C[C@H]5C=CCC[C@@H](C)C[C@@H](C)[C@H](N(C(=O)O)C(C)(C)C(F)(F)F)C(=O)N4C3)nc(OC)cc2c1. The number of ether oxygens (including phenoxy) is 3. The first kappa shape index (κ1) is 45.6. The molecule has 7 atom stereocenters. The average Bonchev–Trinajstić information content (AvgIpc) is 4.09. The molecular weight excluding hydrogens is 838 g/mol. The van der Waals surface area contributed by atoms with Crippen molar-refractivity contribution in [2.75, 3.05) is 20.8 Å². The van der Waals surface area contributed by atoms with E-state index in [4.69, 9.17) is 14.2 Å². The zero-order valence-corrected chi connectivity index (χ0v) is 35.2. The number of amides is 4. The minimum atomic E-state index is -5.15. The van der Waals surface area contributed by atoms with E-state index in [-0.39, 0.29) is 41.8 Å². The van der Waals surface area contributed by atoms with E-state index in [2.05, 4.69) is 10.3 Å². The first-order valence-electron chi connectivity index (χ1n) is 19.9. The molecule has 3 fully saturated rings. The molecule has 2 saturated carbocycles. The minimum Gasteiger partial charge on any atom is -0.497 e. The Morgan fingerprint density at radius 1 is 1.08 bits per heavy atom. The Balaban J connectivity index is 1.44. The number of nitrogens with zero attached hydrogens (tertiary/aromatic N) is 3. The Hall–Kier alpha value is -4.95. The highest BCUT2D eigenvalue weighted by atomic mass is 32.2. The van der Waals surface area contributed by atoms with Crippen LogP contribution in [0, 0.1) is 17.8 Å². The zero-order chi connectivity index (χ0) is 45.0. The van der Waals surface area contributed by atoms with Crippen LogP contribution in [0.4, 0.5) is 26.7 Å². The van der Waals surface area contributed by atoms with Crippen LogP contribution in [0.5, 0.6) is 17.5 Å². The second-order valence-electron chi connectivity index (χ2n) is 17.1. The molecule has 0 radical (unpaired) electrons. The number of aromatic nitrogens is 1. The number of carboxylic acid groups (broad SMARTS) is 1. The summed E-state index contributed by atoms with van der Waals surface area (Å²) in [4.78, 5) is 61.9. The summed E-state index contributed by atoms with van der Waals surface area (Å²) in [6, 6.07) is 2.94. The van der Waals surface area contributed by atoms with E-state index in [9.17, 15) is 49.9 Å². The Kier molecular flexibility index (Phi) is 12.2. The quantitative estimate of drug-likeness (QED) is 0.204. The molecular formula is C40H50F5N5O10S. The van der Waals surface area contributed by atoms with Crippen molar-refractivity contribution in [3.63, 3.8) is 0 Å². The number of methoxy groups -OCH3 is 2. The van der Waals surface area contributed by atoms with Gasteiger partial charge in [0.15, 0.2) is 4.75 Å². The van der Waals surface area contributed by atoms with E-state index in [1.54, 1.807) is 48.1 Å². The van der Waals surface area contributed by atoms with Gasteiger partial charge < -0.3 is 29.5 Å². The molecule has 0 unspecified atom stereocenters. The van der Waals surface area contributed by atoms with Gasteiger partial charge >= 0.3 is 12.3 Å². The maximum atomic E-state index is 15.0. The van der Waals surface area contributed by atoms with Crippen molar-refractivity contribution in [3.05, 3.63) is 36.4 Å². The number of rotatable bonds is 10. The third-order valence-electron chi connectivity index (χ3n) is 12.5. The number of benzene rings is 1. The second kappa shape index (κ2) is 16.4. The van der Waals surface area contributed by atoms with E-state index in [1.165, 1.54) is 21.1 Å². The number of hydrogen-bond acceptors (Lipinski definition) is 10. The molecule has 0 bridgehead atoms. The summed E-state index contributed by atoms with van der Waals surface area (Å²) in [5.74, 6) is -4.99. The minimum absolute atomic E-state index is 0.0109. The van der Waals surface area contributed by atoms with Gasteiger partial charge in [0.1, 0.15) is 35.0 Å². The number of carbonyl (C=O) groups excluding carboxylic acids is 3. The van der Waals surface area contributed by atoms with Gasteiger partial charge in [0.2, 0.25) is 33.6 Å². The maximum absolute atomic E-state index is 15.0. The predicted octanol–water partition coefficient (Wildman–Crippen LogP) is 5.42. The van der Waals surface area contributed by atoms with Gasteiger partial charge in [-0.3, -0.25) is 24.0 Å². The van der Waals surface area contributed by atoms with E-state index < -0.39 is 112 Å². The van der Waals surface area contributed by atoms with Gasteiger partial charge in [-0.15, -0.1) is 0 Å². The summed E-state index contributed by atoms with van der Waals surface area (Å²) >= 11 is 0. The van der Waals surface area contributed by atoms with Gasteiger partial charge in [-0.05, 0) is 87.8 Å². The van der Waals surface area contributed by atoms with Crippen molar-refractivity contribution in [1.82, 2.24) is 24.8 Å². The van der Waals surface area contributed by atoms with Crippen LogP contribution in [0.2, 0.25) is 0 Å². The summed E-state index contributed by atoms with van der Waals surface area (Å²) in [6.45, 7) is 4.07. The summed E-state index contributed by atoms with van der Waals surface area (Å²) < 4.78 is 115. The largest absolute Gasteiger partial charge is 0.497 e. The van der Waals surface area contributed by atoms with Crippen LogP contribution in [0.15, 0.2) is 36.4 Å². The third-order valence-corrected chi connectivity index (χ3v) is 14.6. The maximum Gasteiger partial charge on any atom is 0.411 e. The molecule has 4 aliphatic rings. The first-order chi connectivity index (χ1) is 28.4. The topological polar surface area (TPSA) is 194 Å². The highest BCUT2D eigenvalue weighted by molar-refractivity contribution is 7.91. The van der Waals surface area contributed by atoms with Crippen LogP contribution in [-0.2, 0) is 24.4 Å². The van der Waals surface area contributed by atoms with Crippen LogP contribution in [0.25, 0.3) is 10.8 Å². The molecule has 1 saturated heterocycles. The van der Waals surface area contributed by atoms with Gasteiger partial charge in [-0.25, -0.2) is 22.0 Å². The average molecular weight is 888 g/mol. The molecule has 4 amide bonds. The van der Waals surface area contributed by atoms with Crippen molar-refractivity contribution in [1.29, 1.82) is 0 Å². The highest BCUT2D eigenvalue weighted by Crippen LogP contribution is 2.50. The molecule has 6 rings (SSSR count). The monoisotopic (exact) mass is 887 g/mol. The van der Waals surface area contributed by atoms with Crippen LogP contribution < -0.4 is 24.2 Å². The van der Waals surface area contributed by atoms with Crippen molar-refractivity contribution in [3.8, 4) is 17.5 Å². The van der Waals surface area contributed by atoms with Crippen molar-refractivity contribution in [2.24, 2.45) is 17.8 Å². The summed E-state index contributed by atoms with van der Waals surface area (Å²) in [5.41, 5.74) is -5.09. The Labute approximate surface area is 349 Å². The van der Waals surface area contributed by atoms with Crippen LogP contribution in [0.3, 0.4) is 0 Å². The lowest BCUT2D eigenvalue weighted by molar-refractivity contribution is -0.222. The van der Waals surface area contributed by atoms with E-state index in [0.29, 0.717) is 43.2 Å². The number of hydrogen-bond donors (Lipinski definition) is 3. The van der Waals surface area contributed by atoms with Crippen molar-refractivity contribution in [2.45, 2.75) is 119 Å². The molecule has 2 aliphatic carbocycles. The standard InChI is InChI=1S/C40H50F5N5O10S/c1-21-9-7-8-10-24-19-39(24,35(53)48-61(56,57)38(13-14-38)34(41)42)47-31(51)28-18-26(60-32-27-12-11-25(58-5)16-23(27)17-29(46-32)59-6)20-49(28)33(52)30(22(2)15-21)50(36(54)55)37(3,4)40(43,44)45/h8,10-12,16-17,21-22,24,26,28,30,34H,7,9,13-15,18-20H2,1-6H3,(H,47,51)(H,48,53)(H,54,55)/t21-,22-,24-,26-,28+,30+,39-/m1/s1. The number of alkyl halides is 5. The van der Waals surface area contributed by atoms with Gasteiger partial charge in [0, 0.05) is 23.8 Å². The number of halogens is 5. The van der Waals surface area contributed by atoms with Crippen molar-refractivity contribution < 1.29 is 68.9 Å². The highest BCUT2D eigenvalue weighted by Gasteiger charge is 2.67. The first-order valence-corrected chi connectivity index (χ1v) is 21.3. The lowest BCUT2D eigenvalue weighted by atomic mass is 9.85. The second-order valence-corrected chi connectivity index (χ2v) is 19.1. The number of nitrogens with one attached hydrogen (secondary N) is 2. The molecule has 1 aromatic heterocycles. The zero-order valence-electron chi connectivity index (χ0n) is 34.4. The fraction of sp³-hybridized carbons (Fsp3) is 0.625. The summed E-state index contributed by atoms with van der Waals surface area (Å²) in [6.07, 6.45) is -8.75. The summed E-state index contributed by atoms with van der Waals surface area (Å²) in [5, 5.41) is 14.0. The molecule has 3 heterocycles. The van der Waals surface area contributed by atoms with Gasteiger partial charge in [0.25, 0.3) is 12.3 Å². The fourth-order valence-corrected chi connectivity index (χ4v) is 10.0. The normalized spacial score (nSPS) is 28.2. The lowest BCUT2D eigenvalue weighted by Crippen LogP contribution is -2.66. The van der Waals surface area contributed by atoms with Crippen LogP contribution in [-0.4, -0.2) is 120 Å². The molecule has 3 N–H and O–H groups in total. The fourth-order valence-electron chi connectivity index (χ4n) is 8.51. The van der Waals surface area contributed by atoms with Crippen LogP contribution in [0.1, 0.15) is 72.6 Å². The number of allylic oxidation sites excluding steroid dienone is 1. The van der Waals surface area contributed by atoms with E-state index in [0.717, 1.165) is 4.90 Å². The molecule has 336 valence electrons. The molecule has 15 nitrogen and oxygen atoms in total. The summed E-state index contributed by atoms with van der Waals surface area (Å²) in [7, 11) is -2.11. The third kappa shape index (κ3) is 8.49. The molecule has 0 spiro atoms. The smallest absolute Gasteiger partial charge is 0.411 e.